The first kappa shape index (κ1) is 10.7. The predicted octanol–water partition coefficient (Wildman–Crippen LogP) is 3.43. The number of rotatable bonds is 2. The standard InChI is InChI=1S/C11H16BrNS/c1-7-8(2-3-11(7)13)4-10-5-9(12)6-14-10/h5-8,11H,2-4,13H2,1H3. The number of thiophene rings is 1. The quantitative estimate of drug-likeness (QED) is 0.878. The van der Waals surface area contributed by atoms with Crippen molar-refractivity contribution in [3.05, 3.63) is 20.8 Å². The summed E-state index contributed by atoms with van der Waals surface area (Å²) in [5.41, 5.74) is 6.02. The monoisotopic (exact) mass is 273 g/mol. The molecule has 1 fully saturated rings. The van der Waals surface area contributed by atoms with E-state index in [4.69, 9.17) is 5.73 Å². The molecule has 3 unspecified atom stereocenters. The summed E-state index contributed by atoms with van der Waals surface area (Å²) in [6, 6.07) is 2.67. The first-order chi connectivity index (χ1) is 6.66. The zero-order valence-electron chi connectivity index (χ0n) is 8.37. The predicted molar refractivity (Wildman–Crippen MR) is 65.6 cm³/mol. The molecule has 3 heteroatoms. The highest BCUT2D eigenvalue weighted by molar-refractivity contribution is 9.10. The minimum absolute atomic E-state index is 0.434. The van der Waals surface area contributed by atoms with Crippen molar-refractivity contribution in [2.45, 2.75) is 32.2 Å². The molecule has 2 N–H and O–H groups in total. The lowest BCUT2D eigenvalue weighted by Crippen LogP contribution is -2.25. The lowest BCUT2D eigenvalue weighted by atomic mass is 9.92. The zero-order chi connectivity index (χ0) is 10.1. The van der Waals surface area contributed by atoms with Crippen LogP contribution in [0.1, 0.15) is 24.6 Å². The van der Waals surface area contributed by atoms with Gasteiger partial charge >= 0.3 is 0 Å². The molecule has 1 saturated carbocycles. The van der Waals surface area contributed by atoms with Crippen molar-refractivity contribution in [2.75, 3.05) is 0 Å². The molecule has 0 aliphatic heterocycles. The number of halogens is 1. The second-order valence-electron chi connectivity index (χ2n) is 4.30. The van der Waals surface area contributed by atoms with Crippen molar-refractivity contribution in [1.29, 1.82) is 0 Å². The van der Waals surface area contributed by atoms with Gasteiger partial charge in [0.1, 0.15) is 0 Å². The third kappa shape index (κ3) is 2.20. The lowest BCUT2D eigenvalue weighted by molar-refractivity contribution is 0.392. The number of nitrogens with two attached hydrogens (primary N) is 1. The van der Waals surface area contributed by atoms with E-state index in [2.05, 4.69) is 34.3 Å². The molecule has 1 heterocycles. The van der Waals surface area contributed by atoms with Crippen LogP contribution in [0, 0.1) is 11.8 Å². The maximum absolute atomic E-state index is 6.02. The second kappa shape index (κ2) is 4.33. The summed E-state index contributed by atoms with van der Waals surface area (Å²) in [6.45, 7) is 2.30. The largest absolute Gasteiger partial charge is 0.327 e. The first-order valence-corrected chi connectivity index (χ1v) is 6.82. The van der Waals surface area contributed by atoms with Gasteiger partial charge in [-0.15, -0.1) is 11.3 Å². The fourth-order valence-electron chi connectivity index (χ4n) is 2.29. The van der Waals surface area contributed by atoms with Crippen molar-refractivity contribution in [1.82, 2.24) is 0 Å². The van der Waals surface area contributed by atoms with Crippen molar-refractivity contribution < 1.29 is 0 Å². The van der Waals surface area contributed by atoms with Crippen LogP contribution in [0.3, 0.4) is 0 Å². The molecule has 0 bridgehead atoms. The molecular formula is C11H16BrNS. The van der Waals surface area contributed by atoms with Gasteiger partial charge in [0.2, 0.25) is 0 Å². The Hall–Kier alpha value is 0.140. The van der Waals surface area contributed by atoms with E-state index in [1.807, 2.05) is 11.3 Å². The van der Waals surface area contributed by atoms with Crippen LogP contribution in [-0.2, 0) is 6.42 Å². The van der Waals surface area contributed by atoms with Crippen molar-refractivity contribution in [2.24, 2.45) is 17.6 Å². The van der Waals surface area contributed by atoms with E-state index >= 15 is 0 Å². The summed E-state index contributed by atoms with van der Waals surface area (Å²) in [5.74, 6) is 1.49. The molecule has 0 aromatic carbocycles. The Morgan fingerprint density at radius 1 is 1.57 bits per heavy atom. The minimum Gasteiger partial charge on any atom is -0.327 e. The lowest BCUT2D eigenvalue weighted by Gasteiger charge is -2.16. The summed E-state index contributed by atoms with van der Waals surface area (Å²) >= 11 is 5.35. The normalized spacial score (nSPS) is 32.4. The smallest absolute Gasteiger partial charge is 0.0285 e. The molecule has 2 rings (SSSR count). The third-order valence-corrected chi connectivity index (χ3v) is 5.09. The Bertz CT molecular complexity index is 310. The van der Waals surface area contributed by atoms with Gasteiger partial charge in [0.05, 0.1) is 0 Å². The van der Waals surface area contributed by atoms with Gasteiger partial charge < -0.3 is 5.73 Å². The summed E-state index contributed by atoms with van der Waals surface area (Å²) in [4.78, 5) is 1.49. The van der Waals surface area contributed by atoms with E-state index in [1.54, 1.807) is 0 Å². The van der Waals surface area contributed by atoms with Gasteiger partial charge in [-0.25, -0.2) is 0 Å². The Balaban J connectivity index is 1.98. The number of hydrogen-bond donors (Lipinski definition) is 1. The highest BCUT2D eigenvalue weighted by Crippen LogP contribution is 2.34. The Morgan fingerprint density at radius 2 is 2.36 bits per heavy atom. The van der Waals surface area contributed by atoms with Gasteiger partial charge in [0, 0.05) is 20.8 Å². The molecule has 0 saturated heterocycles. The Morgan fingerprint density at radius 3 is 2.86 bits per heavy atom. The van der Waals surface area contributed by atoms with Gasteiger partial charge in [-0.2, -0.15) is 0 Å². The molecule has 14 heavy (non-hydrogen) atoms. The first-order valence-electron chi connectivity index (χ1n) is 5.15. The summed E-state index contributed by atoms with van der Waals surface area (Å²) in [5, 5.41) is 2.16. The van der Waals surface area contributed by atoms with Crippen molar-refractivity contribution in [3.63, 3.8) is 0 Å². The van der Waals surface area contributed by atoms with E-state index in [0.29, 0.717) is 12.0 Å². The fraction of sp³-hybridized carbons (Fsp3) is 0.636. The van der Waals surface area contributed by atoms with E-state index in [0.717, 1.165) is 5.92 Å². The van der Waals surface area contributed by atoms with Gasteiger partial charge in [0.25, 0.3) is 0 Å². The molecule has 1 aliphatic rings. The molecule has 0 spiro atoms. The molecule has 1 aromatic heterocycles. The molecule has 1 nitrogen and oxygen atoms in total. The molecular weight excluding hydrogens is 258 g/mol. The summed E-state index contributed by atoms with van der Waals surface area (Å²) < 4.78 is 1.22. The SMILES string of the molecule is CC1C(N)CCC1Cc1cc(Br)cs1. The topological polar surface area (TPSA) is 26.0 Å². The fourth-order valence-corrected chi connectivity index (χ4v) is 3.83. The summed E-state index contributed by atoms with van der Waals surface area (Å²) in [7, 11) is 0. The Kier molecular flexibility index (Phi) is 3.30. The summed E-state index contributed by atoms with van der Waals surface area (Å²) in [6.07, 6.45) is 3.72. The molecule has 1 aromatic rings. The maximum Gasteiger partial charge on any atom is 0.0285 e. The van der Waals surface area contributed by atoms with Crippen LogP contribution in [0.5, 0.6) is 0 Å². The van der Waals surface area contributed by atoms with Crippen molar-refractivity contribution >= 4 is 27.3 Å². The van der Waals surface area contributed by atoms with Crippen LogP contribution in [0.25, 0.3) is 0 Å². The third-order valence-electron chi connectivity index (χ3n) is 3.37. The molecule has 0 amide bonds. The highest BCUT2D eigenvalue weighted by Gasteiger charge is 2.30. The van der Waals surface area contributed by atoms with E-state index in [1.165, 1.54) is 28.6 Å². The van der Waals surface area contributed by atoms with Gasteiger partial charge in [0.15, 0.2) is 0 Å². The highest BCUT2D eigenvalue weighted by atomic mass is 79.9. The van der Waals surface area contributed by atoms with Crippen LogP contribution in [-0.4, -0.2) is 6.04 Å². The van der Waals surface area contributed by atoms with Crippen molar-refractivity contribution in [3.8, 4) is 0 Å². The van der Waals surface area contributed by atoms with Crippen LogP contribution >= 0.6 is 27.3 Å². The molecule has 3 atom stereocenters. The van der Waals surface area contributed by atoms with Crippen LogP contribution in [0.15, 0.2) is 15.9 Å². The van der Waals surface area contributed by atoms with E-state index in [-0.39, 0.29) is 0 Å². The molecule has 0 radical (unpaired) electrons. The Labute approximate surface area is 97.8 Å². The van der Waals surface area contributed by atoms with Gasteiger partial charge in [-0.1, -0.05) is 6.92 Å². The zero-order valence-corrected chi connectivity index (χ0v) is 10.8. The van der Waals surface area contributed by atoms with Crippen LogP contribution in [0.2, 0.25) is 0 Å². The second-order valence-corrected chi connectivity index (χ2v) is 6.21. The average Bonchev–Trinajstić information content (AvgIpc) is 2.67. The van der Waals surface area contributed by atoms with Crippen LogP contribution < -0.4 is 5.73 Å². The molecule has 78 valence electrons. The van der Waals surface area contributed by atoms with E-state index in [9.17, 15) is 0 Å². The van der Waals surface area contributed by atoms with Gasteiger partial charge in [-0.3, -0.25) is 0 Å². The minimum atomic E-state index is 0.434. The van der Waals surface area contributed by atoms with Gasteiger partial charge in [-0.05, 0) is 53.1 Å². The van der Waals surface area contributed by atoms with E-state index < -0.39 is 0 Å². The average molecular weight is 274 g/mol. The number of hydrogen-bond acceptors (Lipinski definition) is 2. The van der Waals surface area contributed by atoms with Crippen LogP contribution in [0.4, 0.5) is 0 Å². The molecule has 1 aliphatic carbocycles. The maximum atomic E-state index is 6.02.